The molecule has 0 aliphatic carbocycles. The molecule has 1 aliphatic rings. The fourth-order valence-electron chi connectivity index (χ4n) is 1.38. The van der Waals surface area contributed by atoms with Gasteiger partial charge in [0.25, 0.3) is 0 Å². The van der Waals surface area contributed by atoms with Gasteiger partial charge in [-0.05, 0) is 12.8 Å². The summed E-state index contributed by atoms with van der Waals surface area (Å²) in [6.45, 7) is 1.95. The molecule has 0 aromatic carbocycles. The topological polar surface area (TPSA) is 83.6 Å². The Labute approximate surface area is 76.1 Å². The summed E-state index contributed by atoms with van der Waals surface area (Å²) in [5, 5.41) is 0.256. The molecule has 1 rings (SSSR count). The lowest BCUT2D eigenvalue weighted by Gasteiger charge is -2.30. The molecule has 0 amide bonds. The molecule has 1 aliphatic heterocycles. The van der Waals surface area contributed by atoms with E-state index in [1.165, 1.54) is 11.8 Å². The van der Waals surface area contributed by atoms with Crippen molar-refractivity contribution in [3.05, 3.63) is 0 Å². The van der Waals surface area contributed by atoms with Crippen molar-refractivity contribution in [1.82, 2.24) is 0 Å². The van der Waals surface area contributed by atoms with E-state index in [9.17, 15) is 4.57 Å². The molecule has 0 bridgehead atoms. The fraction of sp³-hybridized carbons (Fsp3) is 1.00. The Kier molecular flexibility index (Phi) is 3.23. The average molecular weight is 211 g/mol. The summed E-state index contributed by atoms with van der Waals surface area (Å²) in [6, 6.07) is -0.0566. The van der Waals surface area contributed by atoms with Crippen LogP contribution in [-0.2, 0) is 4.57 Å². The Morgan fingerprint density at radius 1 is 1.50 bits per heavy atom. The highest BCUT2D eigenvalue weighted by Crippen LogP contribution is 2.53. The van der Waals surface area contributed by atoms with Crippen molar-refractivity contribution >= 4 is 19.4 Å². The van der Waals surface area contributed by atoms with Crippen LogP contribution in [0.1, 0.15) is 19.8 Å². The van der Waals surface area contributed by atoms with Crippen molar-refractivity contribution in [1.29, 1.82) is 0 Å². The molecule has 1 saturated heterocycles. The van der Waals surface area contributed by atoms with Crippen molar-refractivity contribution in [3.8, 4) is 0 Å². The summed E-state index contributed by atoms with van der Waals surface area (Å²) in [7, 11) is -3.93. The number of hydrogen-bond acceptors (Lipinski definition) is 3. The monoisotopic (exact) mass is 211 g/mol. The minimum atomic E-state index is -3.93. The summed E-state index contributed by atoms with van der Waals surface area (Å²) in [5.41, 5.74) is 5.66. The van der Waals surface area contributed by atoms with Crippen LogP contribution in [0, 0.1) is 0 Å². The van der Waals surface area contributed by atoms with Gasteiger partial charge in [0, 0.05) is 11.3 Å². The molecule has 3 unspecified atom stereocenters. The molecular weight excluding hydrogens is 197 g/mol. The van der Waals surface area contributed by atoms with Crippen molar-refractivity contribution < 1.29 is 14.4 Å². The van der Waals surface area contributed by atoms with Crippen molar-refractivity contribution in [2.75, 3.05) is 0 Å². The molecular formula is C6H14NO3PS. The molecule has 1 fully saturated rings. The highest BCUT2D eigenvalue weighted by molar-refractivity contribution is 8.05. The molecule has 12 heavy (non-hydrogen) atoms. The van der Waals surface area contributed by atoms with E-state index in [0.29, 0.717) is 6.42 Å². The zero-order valence-electron chi connectivity index (χ0n) is 6.88. The van der Waals surface area contributed by atoms with E-state index >= 15 is 0 Å². The predicted molar refractivity (Wildman–Crippen MR) is 50.1 cm³/mol. The van der Waals surface area contributed by atoms with Crippen molar-refractivity contribution in [3.63, 3.8) is 0 Å². The summed E-state index contributed by atoms with van der Waals surface area (Å²) in [6.07, 6.45) is 1.28. The van der Waals surface area contributed by atoms with Gasteiger partial charge in [0.2, 0.25) is 0 Å². The van der Waals surface area contributed by atoms with Crippen molar-refractivity contribution in [2.24, 2.45) is 5.73 Å². The minimum Gasteiger partial charge on any atom is -0.328 e. The first-order chi connectivity index (χ1) is 5.39. The van der Waals surface area contributed by atoms with Crippen LogP contribution in [0.3, 0.4) is 0 Å². The normalized spacial score (nSPS) is 38.2. The van der Waals surface area contributed by atoms with Gasteiger partial charge >= 0.3 is 7.60 Å². The zero-order valence-corrected chi connectivity index (χ0v) is 8.59. The van der Waals surface area contributed by atoms with E-state index in [0.717, 1.165) is 6.42 Å². The second kappa shape index (κ2) is 3.68. The molecule has 0 spiro atoms. The maximum absolute atomic E-state index is 10.9. The van der Waals surface area contributed by atoms with E-state index in [1.807, 2.05) is 6.92 Å². The Balaban J connectivity index is 2.62. The van der Waals surface area contributed by atoms with Gasteiger partial charge in [0.15, 0.2) is 0 Å². The Morgan fingerprint density at radius 2 is 2.08 bits per heavy atom. The number of thioether (sulfide) groups is 1. The Morgan fingerprint density at radius 3 is 2.50 bits per heavy atom. The standard InChI is InChI=1S/C6H14NO3PS/c1-4-2-5(7)3-6(12-4)11(8,9)10/h4-6H,2-3,7H2,1H3,(H2,8,9,10). The molecule has 0 saturated carbocycles. The first-order valence-corrected chi connectivity index (χ1v) is 6.48. The molecule has 0 aromatic heterocycles. The predicted octanol–water partition coefficient (Wildman–Crippen LogP) is 0.733. The SMILES string of the molecule is CC1CC(N)CC(P(=O)(O)O)S1. The van der Waals surface area contributed by atoms with Crippen LogP contribution in [0.4, 0.5) is 0 Å². The maximum atomic E-state index is 10.9. The van der Waals surface area contributed by atoms with Gasteiger partial charge < -0.3 is 15.5 Å². The quantitative estimate of drug-likeness (QED) is 0.557. The van der Waals surface area contributed by atoms with E-state index in [-0.39, 0.29) is 11.3 Å². The number of nitrogens with two attached hydrogens (primary N) is 1. The molecule has 6 heteroatoms. The van der Waals surface area contributed by atoms with Gasteiger partial charge in [0.05, 0.1) is 0 Å². The largest absolute Gasteiger partial charge is 0.338 e. The minimum absolute atomic E-state index is 0.0566. The smallest absolute Gasteiger partial charge is 0.328 e. The van der Waals surface area contributed by atoms with Crippen LogP contribution < -0.4 is 5.73 Å². The van der Waals surface area contributed by atoms with E-state index in [2.05, 4.69) is 0 Å². The molecule has 0 aromatic rings. The third-order valence-electron chi connectivity index (χ3n) is 1.90. The highest BCUT2D eigenvalue weighted by Gasteiger charge is 2.36. The van der Waals surface area contributed by atoms with E-state index < -0.39 is 12.6 Å². The average Bonchev–Trinajstić information content (AvgIpc) is 1.82. The summed E-state index contributed by atoms with van der Waals surface area (Å²) in [4.78, 5) is 17.2. The van der Waals surface area contributed by atoms with Gasteiger partial charge in [-0.2, -0.15) is 0 Å². The lowest BCUT2D eigenvalue weighted by molar-refractivity contribution is 0.362. The molecule has 1 heterocycles. The fourth-order valence-corrected chi connectivity index (χ4v) is 4.43. The summed E-state index contributed by atoms with van der Waals surface area (Å²) < 4.78 is 10.9. The molecule has 72 valence electrons. The van der Waals surface area contributed by atoms with Crippen LogP contribution in [0.25, 0.3) is 0 Å². The molecule has 0 radical (unpaired) electrons. The molecule has 3 atom stereocenters. The first-order valence-electron chi connectivity index (χ1n) is 3.86. The van der Waals surface area contributed by atoms with Crippen LogP contribution >= 0.6 is 19.4 Å². The lowest BCUT2D eigenvalue weighted by Crippen LogP contribution is -2.33. The maximum Gasteiger partial charge on any atom is 0.338 e. The van der Waals surface area contributed by atoms with Gasteiger partial charge in [-0.3, -0.25) is 4.57 Å². The van der Waals surface area contributed by atoms with Gasteiger partial charge in [0.1, 0.15) is 4.99 Å². The van der Waals surface area contributed by atoms with Crippen molar-refractivity contribution in [2.45, 2.75) is 36.0 Å². The van der Waals surface area contributed by atoms with E-state index in [4.69, 9.17) is 15.5 Å². The Bertz CT molecular complexity index is 197. The van der Waals surface area contributed by atoms with E-state index in [1.54, 1.807) is 0 Å². The molecule has 4 nitrogen and oxygen atoms in total. The van der Waals surface area contributed by atoms with Crippen LogP contribution in [0.15, 0.2) is 0 Å². The third-order valence-corrected chi connectivity index (χ3v) is 5.22. The zero-order chi connectivity index (χ0) is 9.35. The third kappa shape index (κ3) is 2.75. The number of rotatable bonds is 1. The lowest BCUT2D eigenvalue weighted by atomic mass is 10.1. The Hall–Kier alpha value is 0.460. The van der Waals surface area contributed by atoms with Gasteiger partial charge in [-0.15, -0.1) is 11.8 Å². The van der Waals surface area contributed by atoms with Gasteiger partial charge in [-0.25, -0.2) is 0 Å². The molecule has 4 N–H and O–H groups in total. The van der Waals surface area contributed by atoms with Crippen LogP contribution in [-0.4, -0.2) is 26.1 Å². The first kappa shape index (κ1) is 10.5. The summed E-state index contributed by atoms with van der Waals surface area (Å²) >= 11 is 1.35. The summed E-state index contributed by atoms with van der Waals surface area (Å²) in [5.74, 6) is 0. The van der Waals surface area contributed by atoms with Gasteiger partial charge in [-0.1, -0.05) is 6.92 Å². The number of hydrogen-bond donors (Lipinski definition) is 3. The second-order valence-electron chi connectivity index (χ2n) is 3.22. The van der Waals surface area contributed by atoms with Crippen LogP contribution in [0.5, 0.6) is 0 Å². The van der Waals surface area contributed by atoms with Crippen LogP contribution in [0.2, 0.25) is 0 Å². The second-order valence-corrected chi connectivity index (χ2v) is 7.02. The highest BCUT2D eigenvalue weighted by atomic mass is 32.2.